The maximum Gasteiger partial charge on any atom is 0.255 e. The smallest absolute Gasteiger partial charge is 0.255 e. The van der Waals surface area contributed by atoms with Crippen LogP contribution in [-0.2, 0) is 4.79 Å². The Morgan fingerprint density at radius 3 is 2.41 bits per heavy atom. The molecule has 0 unspecified atom stereocenters. The topological polar surface area (TPSA) is 65.5 Å². The van der Waals surface area contributed by atoms with E-state index in [1.165, 1.54) is 18.3 Å². The normalized spacial score (nSPS) is 22.1. The van der Waals surface area contributed by atoms with Gasteiger partial charge in [0.25, 0.3) is 5.91 Å². The molecule has 182 valence electrons. The molecule has 2 aliphatic heterocycles. The van der Waals surface area contributed by atoms with Crippen LogP contribution in [0.1, 0.15) is 54.9 Å². The molecule has 34 heavy (non-hydrogen) atoms. The minimum absolute atomic E-state index is 0.0977. The summed E-state index contributed by atoms with van der Waals surface area (Å²) in [5.74, 6) is -1.76. The number of pyridine rings is 1. The number of nitrogens with one attached hydrogen (secondary N) is 1. The second-order valence-electron chi connectivity index (χ2n) is 9.64. The Labute approximate surface area is 199 Å². The summed E-state index contributed by atoms with van der Waals surface area (Å²) in [5, 5.41) is 3.17. The van der Waals surface area contributed by atoms with Crippen molar-refractivity contribution < 1.29 is 18.4 Å². The van der Waals surface area contributed by atoms with Crippen LogP contribution in [0, 0.1) is 17.6 Å². The number of hydrogen-bond acceptors (Lipinski definition) is 4. The molecule has 0 spiro atoms. The molecular weight excluding hydrogens is 438 g/mol. The lowest BCUT2D eigenvalue weighted by molar-refractivity contribution is -0.128. The molecule has 3 atom stereocenters. The first-order valence-corrected chi connectivity index (χ1v) is 12.0. The van der Waals surface area contributed by atoms with Crippen molar-refractivity contribution in [3.8, 4) is 0 Å². The highest BCUT2D eigenvalue weighted by Crippen LogP contribution is 2.31. The van der Waals surface area contributed by atoms with Gasteiger partial charge >= 0.3 is 0 Å². The van der Waals surface area contributed by atoms with Gasteiger partial charge in [0.15, 0.2) is 0 Å². The summed E-state index contributed by atoms with van der Waals surface area (Å²) in [5.41, 5.74) is 0.971. The van der Waals surface area contributed by atoms with Gasteiger partial charge in [-0.05, 0) is 68.1 Å². The molecule has 0 saturated carbocycles. The van der Waals surface area contributed by atoms with Crippen LogP contribution in [-0.4, -0.2) is 64.9 Å². The van der Waals surface area contributed by atoms with Crippen LogP contribution in [0.4, 0.5) is 8.78 Å². The maximum absolute atomic E-state index is 14.0. The van der Waals surface area contributed by atoms with Gasteiger partial charge in [-0.15, -0.1) is 0 Å². The molecule has 4 rings (SSSR count). The van der Waals surface area contributed by atoms with Gasteiger partial charge in [0, 0.05) is 37.5 Å². The van der Waals surface area contributed by atoms with E-state index in [2.05, 4.69) is 15.2 Å². The molecule has 0 aliphatic carbocycles. The number of likely N-dealkylation sites (tertiary alicyclic amines) is 2. The van der Waals surface area contributed by atoms with Crippen molar-refractivity contribution in [2.24, 2.45) is 5.92 Å². The third-order valence-corrected chi connectivity index (χ3v) is 6.88. The van der Waals surface area contributed by atoms with Crippen LogP contribution in [0.5, 0.6) is 0 Å². The van der Waals surface area contributed by atoms with Crippen LogP contribution >= 0.6 is 0 Å². The molecule has 8 heteroatoms. The summed E-state index contributed by atoms with van der Waals surface area (Å²) in [7, 11) is 0. The van der Waals surface area contributed by atoms with Crippen molar-refractivity contribution >= 4 is 11.8 Å². The van der Waals surface area contributed by atoms with Gasteiger partial charge in [-0.1, -0.05) is 13.8 Å². The lowest BCUT2D eigenvalue weighted by Crippen LogP contribution is -2.57. The summed E-state index contributed by atoms with van der Waals surface area (Å²) in [4.78, 5) is 34.5. The minimum atomic E-state index is -0.647. The molecule has 3 heterocycles. The van der Waals surface area contributed by atoms with Gasteiger partial charge < -0.3 is 10.2 Å². The zero-order chi connectivity index (χ0) is 24.2. The molecule has 0 radical (unpaired) electrons. The Morgan fingerprint density at radius 1 is 1.09 bits per heavy atom. The molecule has 2 amide bonds. The fourth-order valence-electron chi connectivity index (χ4n) is 5.32. The molecular formula is C26H32F2N4O2. The number of carbonyl (C=O) groups excluding carboxylic acids is 2. The number of rotatable bonds is 6. The zero-order valence-corrected chi connectivity index (χ0v) is 19.7. The van der Waals surface area contributed by atoms with E-state index < -0.39 is 17.7 Å². The summed E-state index contributed by atoms with van der Waals surface area (Å²) < 4.78 is 28.1. The van der Waals surface area contributed by atoms with Gasteiger partial charge in [0.2, 0.25) is 5.91 Å². The van der Waals surface area contributed by atoms with Gasteiger partial charge in [-0.2, -0.15) is 0 Å². The number of piperidine rings is 1. The first-order chi connectivity index (χ1) is 16.3. The van der Waals surface area contributed by atoms with Crippen molar-refractivity contribution in [3.05, 3.63) is 65.5 Å². The minimum Gasteiger partial charge on any atom is -0.350 e. The second kappa shape index (κ2) is 10.6. The largest absolute Gasteiger partial charge is 0.350 e. The van der Waals surface area contributed by atoms with E-state index in [9.17, 15) is 18.4 Å². The summed E-state index contributed by atoms with van der Waals surface area (Å²) >= 11 is 0. The Balaban J connectivity index is 1.59. The Hall–Kier alpha value is -2.87. The number of benzene rings is 1. The quantitative estimate of drug-likeness (QED) is 0.701. The predicted octanol–water partition coefficient (Wildman–Crippen LogP) is 3.59. The van der Waals surface area contributed by atoms with E-state index >= 15 is 0 Å². The van der Waals surface area contributed by atoms with Gasteiger partial charge in [-0.3, -0.25) is 19.5 Å². The monoisotopic (exact) mass is 470 g/mol. The third kappa shape index (κ3) is 5.43. The van der Waals surface area contributed by atoms with Crippen LogP contribution in [0.25, 0.3) is 0 Å². The lowest BCUT2D eigenvalue weighted by Gasteiger charge is -2.40. The fourth-order valence-corrected chi connectivity index (χ4v) is 5.32. The molecule has 6 nitrogen and oxygen atoms in total. The van der Waals surface area contributed by atoms with E-state index in [0.29, 0.717) is 24.1 Å². The molecule has 0 bridgehead atoms. The lowest BCUT2D eigenvalue weighted by atomic mass is 9.84. The highest BCUT2D eigenvalue weighted by Gasteiger charge is 2.37. The number of carbonyl (C=O) groups is 2. The predicted molar refractivity (Wildman–Crippen MR) is 125 cm³/mol. The molecule has 2 aliphatic rings. The van der Waals surface area contributed by atoms with Crippen molar-refractivity contribution in [2.45, 2.75) is 51.1 Å². The Morgan fingerprint density at radius 2 is 1.79 bits per heavy atom. The van der Waals surface area contributed by atoms with Crippen LogP contribution in [0.2, 0.25) is 0 Å². The number of halogens is 2. The first-order valence-electron chi connectivity index (χ1n) is 12.0. The Bertz CT molecular complexity index is 991. The summed E-state index contributed by atoms with van der Waals surface area (Å²) in [6.45, 7) is 6.49. The van der Waals surface area contributed by atoms with Crippen LogP contribution < -0.4 is 5.32 Å². The number of hydrogen-bond donors (Lipinski definition) is 1. The van der Waals surface area contributed by atoms with Gasteiger partial charge in [0.05, 0.1) is 17.6 Å². The average Bonchev–Trinajstić information content (AvgIpc) is 3.32. The highest BCUT2D eigenvalue weighted by atomic mass is 19.1. The fraction of sp³-hybridized carbons (Fsp3) is 0.500. The number of nitrogens with zero attached hydrogens (tertiary/aromatic N) is 3. The zero-order valence-electron chi connectivity index (χ0n) is 19.7. The molecule has 1 aromatic carbocycles. The van der Waals surface area contributed by atoms with Crippen molar-refractivity contribution in [3.63, 3.8) is 0 Å². The van der Waals surface area contributed by atoms with Crippen molar-refractivity contribution in [2.75, 3.05) is 26.2 Å². The van der Waals surface area contributed by atoms with E-state index in [1.807, 2.05) is 13.8 Å². The average molecular weight is 471 g/mol. The van der Waals surface area contributed by atoms with E-state index in [-0.39, 0.29) is 36.2 Å². The van der Waals surface area contributed by atoms with E-state index in [4.69, 9.17) is 0 Å². The molecule has 2 saturated heterocycles. The van der Waals surface area contributed by atoms with Crippen LogP contribution in [0.15, 0.2) is 42.7 Å². The van der Waals surface area contributed by atoms with Gasteiger partial charge in [-0.25, -0.2) is 8.78 Å². The molecule has 2 aromatic rings. The highest BCUT2D eigenvalue weighted by molar-refractivity contribution is 5.94. The molecule has 1 aromatic heterocycles. The number of aromatic nitrogens is 1. The van der Waals surface area contributed by atoms with Gasteiger partial charge in [0.1, 0.15) is 11.6 Å². The Kier molecular flexibility index (Phi) is 7.56. The molecule has 2 fully saturated rings. The first kappa shape index (κ1) is 24.3. The number of amides is 2. The third-order valence-electron chi connectivity index (χ3n) is 6.88. The SMILES string of the molecule is CC(C)[C@H](C(=O)N[C@@H]1CN(C(=O)c2cccnc2)CC[C@H]1c1cc(F)cc(F)c1)N1CCCC1. The molecule has 1 N–H and O–H groups in total. The summed E-state index contributed by atoms with van der Waals surface area (Å²) in [6, 6.07) is 6.17. The second-order valence-corrected chi connectivity index (χ2v) is 9.64. The van der Waals surface area contributed by atoms with Crippen LogP contribution in [0.3, 0.4) is 0 Å². The van der Waals surface area contributed by atoms with E-state index in [1.54, 1.807) is 23.2 Å². The van der Waals surface area contributed by atoms with Crippen molar-refractivity contribution in [1.82, 2.24) is 20.1 Å². The van der Waals surface area contributed by atoms with Crippen molar-refractivity contribution in [1.29, 1.82) is 0 Å². The maximum atomic E-state index is 14.0. The standard InChI is InChI=1S/C26H32F2N4O2/c1-17(2)24(31-9-3-4-10-31)25(33)30-23-16-32(26(34)18-6-5-8-29-15-18)11-7-22(23)19-12-20(27)14-21(28)13-19/h5-6,8,12-15,17,22-24H,3-4,7,9-11,16H2,1-2H3,(H,30,33)/t22-,23+,24+/m0/s1. The van der Waals surface area contributed by atoms with E-state index in [0.717, 1.165) is 32.0 Å². The summed E-state index contributed by atoms with van der Waals surface area (Å²) in [6.07, 6.45) is 5.74.